The van der Waals surface area contributed by atoms with E-state index in [-0.39, 0.29) is 11.8 Å². The fourth-order valence-corrected chi connectivity index (χ4v) is 2.68. The molecule has 21 heavy (non-hydrogen) atoms. The normalized spacial score (nSPS) is 21.9. The number of carbonyl (C=O) groups is 2. The van der Waals surface area contributed by atoms with Gasteiger partial charge < -0.3 is 9.80 Å². The number of rotatable bonds is 1. The first-order valence-electron chi connectivity index (χ1n) is 8.09. The van der Waals surface area contributed by atoms with Gasteiger partial charge in [-0.2, -0.15) is 12.6 Å². The van der Waals surface area contributed by atoms with E-state index in [4.69, 9.17) is 0 Å². The second kappa shape index (κ2) is 13.0. The number of thiol groups is 1. The average Bonchev–Trinajstić information content (AvgIpc) is 3.11. The average molecular weight is 319 g/mol. The van der Waals surface area contributed by atoms with Gasteiger partial charge >= 0.3 is 0 Å². The largest absolute Gasteiger partial charge is 0.342 e. The molecule has 5 heteroatoms. The lowest BCUT2D eigenvalue weighted by atomic mass is 10.0. The van der Waals surface area contributed by atoms with Crippen LogP contribution in [0.15, 0.2) is 0 Å². The van der Waals surface area contributed by atoms with Crippen molar-refractivity contribution in [1.29, 1.82) is 0 Å². The maximum atomic E-state index is 11.5. The van der Waals surface area contributed by atoms with Crippen molar-refractivity contribution < 1.29 is 9.59 Å². The van der Waals surface area contributed by atoms with Gasteiger partial charge in [-0.25, -0.2) is 0 Å². The van der Waals surface area contributed by atoms with E-state index >= 15 is 0 Å². The van der Waals surface area contributed by atoms with Gasteiger partial charge in [0.2, 0.25) is 11.8 Å². The minimum Gasteiger partial charge on any atom is -0.342 e. The molecule has 2 atom stereocenters. The van der Waals surface area contributed by atoms with Gasteiger partial charge in [-0.15, -0.1) is 0 Å². The predicted molar refractivity (Wildman–Crippen MR) is 93.7 cm³/mol. The molecule has 2 aliphatic heterocycles. The van der Waals surface area contributed by atoms with Crippen molar-refractivity contribution in [1.82, 2.24) is 9.80 Å². The van der Waals surface area contributed by atoms with E-state index < -0.39 is 0 Å². The van der Waals surface area contributed by atoms with Crippen LogP contribution >= 0.6 is 12.6 Å². The van der Waals surface area contributed by atoms with E-state index in [2.05, 4.69) is 12.6 Å². The first-order chi connectivity index (χ1) is 10.1. The highest BCUT2D eigenvalue weighted by molar-refractivity contribution is 7.79. The molecule has 2 amide bonds. The van der Waals surface area contributed by atoms with Gasteiger partial charge in [0, 0.05) is 51.4 Å². The number of nitrogens with zero attached hydrogens (tertiary/aromatic N) is 2. The summed E-state index contributed by atoms with van der Waals surface area (Å²) >= 11 is 3.53. The predicted octanol–water partition coefficient (Wildman–Crippen LogP) is 2.93. The summed E-state index contributed by atoms with van der Waals surface area (Å²) in [5, 5.41) is 0. The quantitative estimate of drug-likeness (QED) is 0.755. The van der Waals surface area contributed by atoms with Gasteiger partial charge in [-0.05, 0) is 6.26 Å². The van der Waals surface area contributed by atoms with Crippen LogP contribution in [-0.2, 0) is 9.59 Å². The zero-order chi connectivity index (χ0) is 17.0. The molecule has 2 fully saturated rings. The van der Waals surface area contributed by atoms with Crippen molar-refractivity contribution in [3.63, 3.8) is 0 Å². The van der Waals surface area contributed by atoms with Crippen LogP contribution in [0.2, 0.25) is 0 Å². The molecule has 0 aromatic carbocycles. The molecule has 0 spiro atoms. The highest BCUT2D eigenvalue weighted by Crippen LogP contribution is 2.31. The van der Waals surface area contributed by atoms with Crippen molar-refractivity contribution in [2.75, 3.05) is 32.4 Å². The van der Waals surface area contributed by atoms with Crippen molar-refractivity contribution in [3.8, 4) is 0 Å². The topological polar surface area (TPSA) is 40.6 Å². The molecule has 0 N–H and O–H groups in total. The molecule has 0 radical (unpaired) electrons. The number of hydrogen-bond acceptors (Lipinski definition) is 3. The van der Waals surface area contributed by atoms with E-state index in [0.717, 1.165) is 26.2 Å². The van der Waals surface area contributed by atoms with E-state index in [1.807, 2.05) is 44.4 Å². The Morgan fingerprint density at radius 2 is 1.24 bits per heavy atom. The Labute approximate surface area is 136 Å². The molecule has 2 unspecified atom stereocenters. The standard InChI is InChI=1S/C11H18N2O2.2C2H6.CH4S/c1-3-11(15)13-6-9-4-12(8(2)14)5-10(9)7-13;3*1-2/h9-10H,3-7H2,1-2H3;2*1-2H3;2H,1H3. The van der Waals surface area contributed by atoms with Gasteiger partial charge in [0.1, 0.15) is 0 Å². The molecule has 0 bridgehead atoms. The number of likely N-dealkylation sites (tertiary alicyclic amines) is 2. The number of amides is 2. The lowest BCUT2D eigenvalue weighted by molar-refractivity contribution is -0.130. The van der Waals surface area contributed by atoms with Crippen LogP contribution in [0.5, 0.6) is 0 Å². The Morgan fingerprint density at radius 3 is 1.52 bits per heavy atom. The van der Waals surface area contributed by atoms with E-state index in [1.165, 1.54) is 0 Å². The molecule has 0 aromatic rings. The minimum atomic E-state index is 0.165. The lowest BCUT2D eigenvalue weighted by Crippen LogP contribution is -2.34. The third-order valence-corrected chi connectivity index (χ3v) is 3.59. The van der Waals surface area contributed by atoms with Crippen LogP contribution in [-0.4, -0.2) is 54.0 Å². The van der Waals surface area contributed by atoms with Crippen LogP contribution < -0.4 is 0 Å². The van der Waals surface area contributed by atoms with Crippen molar-refractivity contribution in [2.45, 2.75) is 48.0 Å². The number of fused-ring (bicyclic) bond motifs is 1. The Balaban J connectivity index is 0. The van der Waals surface area contributed by atoms with Crippen LogP contribution in [0.1, 0.15) is 48.0 Å². The maximum absolute atomic E-state index is 11.5. The molecule has 2 saturated heterocycles. The molecule has 0 aromatic heterocycles. The third kappa shape index (κ3) is 6.72. The first kappa shape index (κ1) is 22.6. The van der Waals surface area contributed by atoms with E-state index in [1.54, 1.807) is 13.2 Å². The van der Waals surface area contributed by atoms with Crippen molar-refractivity contribution in [2.24, 2.45) is 11.8 Å². The maximum Gasteiger partial charge on any atom is 0.222 e. The second-order valence-corrected chi connectivity index (χ2v) is 4.60. The summed E-state index contributed by atoms with van der Waals surface area (Å²) in [5.41, 5.74) is 0. The van der Waals surface area contributed by atoms with E-state index in [9.17, 15) is 9.59 Å². The molecule has 2 aliphatic rings. The zero-order valence-corrected chi connectivity index (χ0v) is 15.7. The van der Waals surface area contributed by atoms with Crippen LogP contribution in [0.4, 0.5) is 0 Å². The third-order valence-electron chi connectivity index (χ3n) is 3.59. The lowest BCUT2D eigenvalue weighted by Gasteiger charge is -2.20. The molecule has 4 nitrogen and oxygen atoms in total. The molecular weight excluding hydrogens is 284 g/mol. The zero-order valence-electron chi connectivity index (χ0n) is 14.8. The van der Waals surface area contributed by atoms with Crippen LogP contribution in [0.25, 0.3) is 0 Å². The number of carbonyl (C=O) groups excluding carboxylic acids is 2. The summed E-state index contributed by atoms with van der Waals surface area (Å²) in [6, 6.07) is 0. The summed E-state index contributed by atoms with van der Waals surface area (Å²) in [4.78, 5) is 26.6. The smallest absolute Gasteiger partial charge is 0.222 e. The monoisotopic (exact) mass is 318 g/mol. The summed E-state index contributed by atoms with van der Waals surface area (Å²) in [7, 11) is 0. The molecule has 2 heterocycles. The molecule has 0 saturated carbocycles. The highest BCUT2D eigenvalue weighted by atomic mass is 32.1. The van der Waals surface area contributed by atoms with E-state index in [0.29, 0.717) is 18.3 Å². The fourth-order valence-electron chi connectivity index (χ4n) is 2.68. The van der Waals surface area contributed by atoms with Crippen LogP contribution in [0.3, 0.4) is 0 Å². The summed E-state index contributed by atoms with van der Waals surface area (Å²) in [5.74, 6) is 1.45. The molecule has 0 aliphatic carbocycles. The van der Waals surface area contributed by atoms with Gasteiger partial charge in [-0.1, -0.05) is 34.6 Å². The SMILES string of the molecule is CC.CC.CCC(=O)N1CC2CN(C(C)=O)CC2C1.CS. The van der Waals surface area contributed by atoms with Crippen LogP contribution in [0, 0.1) is 11.8 Å². The fraction of sp³-hybridized carbons (Fsp3) is 0.875. The van der Waals surface area contributed by atoms with Gasteiger partial charge in [-0.3, -0.25) is 9.59 Å². The summed E-state index contributed by atoms with van der Waals surface area (Å²) in [6.07, 6.45) is 2.29. The number of hydrogen-bond donors (Lipinski definition) is 1. The van der Waals surface area contributed by atoms with Crippen molar-refractivity contribution >= 4 is 24.4 Å². The Morgan fingerprint density at radius 1 is 0.905 bits per heavy atom. The van der Waals surface area contributed by atoms with Gasteiger partial charge in [0.25, 0.3) is 0 Å². The van der Waals surface area contributed by atoms with Gasteiger partial charge in [0.05, 0.1) is 0 Å². The Hall–Kier alpha value is -0.710. The van der Waals surface area contributed by atoms with Gasteiger partial charge in [0.15, 0.2) is 0 Å². The minimum absolute atomic E-state index is 0.165. The highest BCUT2D eigenvalue weighted by Gasteiger charge is 2.41. The summed E-state index contributed by atoms with van der Waals surface area (Å²) in [6.45, 7) is 14.9. The Kier molecular flexibility index (Phi) is 14.0. The van der Waals surface area contributed by atoms with Crippen molar-refractivity contribution in [3.05, 3.63) is 0 Å². The second-order valence-electron chi connectivity index (χ2n) is 4.60. The molecular formula is C16H34N2O2S. The molecule has 126 valence electrons. The summed E-state index contributed by atoms with van der Waals surface area (Å²) < 4.78 is 0. The Bertz CT molecular complexity index is 284. The molecule has 2 rings (SSSR count). The first-order valence-corrected chi connectivity index (χ1v) is 8.99.